The highest BCUT2D eigenvalue weighted by atomic mass is 35.5. The molecule has 5 nitrogen and oxygen atoms in total. The lowest BCUT2D eigenvalue weighted by Crippen LogP contribution is -2.29. The molecule has 1 aromatic rings. The summed E-state index contributed by atoms with van der Waals surface area (Å²) in [5.74, 6) is -1.70. The fourth-order valence-electron chi connectivity index (χ4n) is 2.96. The van der Waals surface area contributed by atoms with Gasteiger partial charge in [0.15, 0.2) is 0 Å². The van der Waals surface area contributed by atoms with Crippen molar-refractivity contribution in [1.29, 1.82) is 0 Å². The standard InChI is InChI=1S/C18H22ClNO4/c1-2-9-24-10-3-4-17(21)20-11-15(16(12-20)18(22)23)13-5-7-14(19)8-6-13/h2,5-8,15-16H,1,3-4,9-12H2,(H,22,23)/t15-,16+/m0/s1. The van der Waals surface area contributed by atoms with Gasteiger partial charge in [0.25, 0.3) is 0 Å². The van der Waals surface area contributed by atoms with Crippen molar-refractivity contribution in [3.05, 3.63) is 47.5 Å². The summed E-state index contributed by atoms with van der Waals surface area (Å²) in [7, 11) is 0. The Kier molecular flexibility index (Phi) is 6.82. The summed E-state index contributed by atoms with van der Waals surface area (Å²) in [5, 5.41) is 10.1. The molecule has 0 bridgehead atoms. The topological polar surface area (TPSA) is 66.8 Å². The minimum atomic E-state index is -0.875. The largest absolute Gasteiger partial charge is 0.481 e. The van der Waals surface area contributed by atoms with Gasteiger partial charge in [0, 0.05) is 37.1 Å². The maximum Gasteiger partial charge on any atom is 0.308 e. The highest BCUT2D eigenvalue weighted by Gasteiger charge is 2.40. The molecule has 1 aromatic carbocycles. The van der Waals surface area contributed by atoms with Crippen LogP contribution in [0, 0.1) is 5.92 Å². The van der Waals surface area contributed by atoms with Gasteiger partial charge in [-0.25, -0.2) is 0 Å². The van der Waals surface area contributed by atoms with E-state index < -0.39 is 11.9 Å². The van der Waals surface area contributed by atoms with Gasteiger partial charge in [-0.05, 0) is 24.1 Å². The second-order valence-corrected chi connectivity index (χ2v) is 6.31. The van der Waals surface area contributed by atoms with Crippen LogP contribution in [0.4, 0.5) is 0 Å². The van der Waals surface area contributed by atoms with Gasteiger partial charge in [-0.2, -0.15) is 0 Å². The lowest BCUT2D eigenvalue weighted by molar-refractivity contribution is -0.141. The third-order valence-electron chi connectivity index (χ3n) is 4.20. The molecule has 0 unspecified atom stereocenters. The smallest absolute Gasteiger partial charge is 0.308 e. The van der Waals surface area contributed by atoms with Crippen LogP contribution in [0.5, 0.6) is 0 Å². The lowest BCUT2D eigenvalue weighted by atomic mass is 9.89. The summed E-state index contributed by atoms with van der Waals surface area (Å²) in [4.78, 5) is 25.5. The maximum atomic E-state index is 12.3. The number of halogens is 1. The second-order valence-electron chi connectivity index (χ2n) is 5.87. The van der Waals surface area contributed by atoms with Crippen LogP contribution in [0.2, 0.25) is 5.02 Å². The first-order valence-corrected chi connectivity index (χ1v) is 8.35. The van der Waals surface area contributed by atoms with Crippen molar-refractivity contribution >= 4 is 23.5 Å². The second kappa shape index (κ2) is 8.85. The Morgan fingerprint density at radius 2 is 2.04 bits per heavy atom. The third-order valence-corrected chi connectivity index (χ3v) is 4.45. The van der Waals surface area contributed by atoms with Crippen LogP contribution >= 0.6 is 11.6 Å². The molecule has 0 saturated carbocycles. The van der Waals surface area contributed by atoms with Gasteiger partial charge >= 0.3 is 5.97 Å². The highest BCUT2D eigenvalue weighted by molar-refractivity contribution is 6.30. The van der Waals surface area contributed by atoms with E-state index in [1.807, 2.05) is 12.1 Å². The third kappa shape index (κ3) is 4.82. The molecule has 1 amide bonds. The van der Waals surface area contributed by atoms with E-state index in [1.54, 1.807) is 23.1 Å². The zero-order valence-corrected chi connectivity index (χ0v) is 14.2. The minimum absolute atomic E-state index is 0.0279. The first-order valence-electron chi connectivity index (χ1n) is 7.97. The highest BCUT2D eigenvalue weighted by Crippen LogP contribution is 2.33. The zero-order chi connectivity index (χ0) is 17.5. The number of ether oxygens (including phenoxy) is 1. The number of carboxylic acid groups (broad SMARTS) is 1. The lowest BCUT2D eigenvalue weighted by Gasteiger charge is -2.16. The van der Waals surface area contributed by atoms with E-state index >= 15 is 0 Å². The normalized spacial score (nSPS) is 20.1. The molecule has 0 aliphatic carbocycles. The van der Waals surface area contributed by atoms with Gasteiger partial charge in [0.1, 0.15) is 0 Å². The zero-order valence-electron chi connectivity index (χ0n) is 13.5. The van der Waals surface area contributed by atoms with Crippen LogP contribution in [0.1, 0.15) is 24.3 Å². The van der Waals surface area contributed by atoms with E-state index in [4.69, 9.17) is 16.3 Å². The van der Waals surface area contributed by atoms with Crippen LogP contribution in [-0.2, 0) is 14.3 Å². The van der Waals surface area contributed by atoms with Crippen LogP contribution in [0.3, 0.4) is 0 Å². The van der Waals surface area contributed by atoms with Gasteiger partial charge < -0.3 is 14.7 Å². The van der Waals surface area contributed by atoms with Crippen molar-refractivity contribution in [2.24, 2.45) is 5.92 Å². The Morgan fingerprint density at radius 1 is 1.33 bits per heavy atom. The van der Waals surface area contributed by atoms with Crippen LogP contribution < -0.4 is 0 Å². The molecule has 1 aliphatic rings. The number of nitrogens with zero attached hydrogens (tertiary/aromatic N) is 1. The van der Waals surface area contributed by atoms with Gasteiger partial charge in [0.2, 0.25) is 5.91 Å². The van der Waals surface area contributed by atoms with Gasteiger partial charge in [-0.1, -0.05) is 29.8 Å². The number of amides is 1. The number of carbonyl (C=O) groups excluding carboxylic acids is 1. The predicted molar refractivity (Wildman–Crippen MR) is 92.1 cm³/mol. The van der Waals surface area contributed by atoms with E-state index in [9.17, 15) is 14.7 Å². The molecular formula is C18H22ClNO4. The molecule has 6 heteroatoms. The van der Waals surface area contributed by atoms with E-state index in [2.05, 4.69) is 6.58 Å². The monoisotopic (exact) mass is 351 g/mol. The van der Waals surface area contributed by atoms with E-state index in [1.165, 1.54) is 0 Å². The van der Waals surface area contributed by atoms with Crippen LogP contribution in [-0.4, -0.2) is 48.2 Å². The van der Waals surface area contributed by atoms with Crippen molar-refractivity contribution in [2.75, 3.05) is 26.3 Å². The summed E-state index contributed by atoms with van der Waals surface area (Å²) in [6, 6.07) is 7.16. The van der Waals surface area contributed by atoms with Crippen LogP contribution in [0.25, 0.3) is 0 Å². The fourth-order valence-corrected chi connectivity index (χ4v) is 3.08. The summed E-state index contributed by atoms with van der Waals surface area (Å²) in [6.45, 7) is 5.19. The Morgan fingerprint density at radius 3 is 2.67 bits per heavy atom. The first-order chi connectivity index (χ1) is 11.5. The Hall–Kier alpha value is -1.85. The Balaban J connectivity index is 1.96. The molecule has 1 N–H and O–H groups in total. The van der Waals surface area contributed by atoms with E-state index in [-0.39, 0.29) is 18.4 Å². The van der Waals surface area contributed by atoms with Crippen molar-refractivity contribution < 1.29 is 19.4 Å². The molecule has 1 heterocycles. The van der Waals surface area contributed by atoms with Crippen molar-refractivity contribution in [3.8, 4) is 0 Å². The average Bonchev–Trinajstić information content (AvgIpc) is 3.01. The van der Waals surface area contributed by atoms with Crippen molar-refractivity contribution in [2.45, 2.75) is 18.8 Å². The Labute approximate surface area is 146 Å². The molecule has 1 fully saturated rings. The number of carboxylic acids is 1. The summed E-state index contributed by atoms with van der Waals surface area (Å²) >= 11 is 5.89. The van der Waals surface area contributed by atoms with E-state index in [0.29, 0.717) is 37.6 Å². The molecule has 0 spiro atoms. The van der Waals surface area contributed by atoms with E-state index in [0.717, 1.165) is 5.56 Å². The summed E-state index contributed by atoms with van der Waals surface area (Å²) in [5.41, 5.74) is 0.899. The average molecular weight is 352 g/mol. The number of hydrogen-bond acceptors (Lipinski definition) is 3. The van der Waals surface area contributed by atoms with Crippen LogP contribution in [0.15, 0.2) is 36.9 Å². The fraction of sp³-hybridized carbons (Fsp3) is 0.444. The number of rotatable bonds is 8. The Bertz CT molecular complexity index is 587. The predicted octanol–water partition coefficient (Wildman–Crippen LogP) is 2.95. The van der Waals surface area contributed by atoms with Gasteiger partial charge in [-0.15, -0.1) is 6.58 Å². The quantitative estimate of drug-likeness (QED) is 0.577. The first kappa shape index (κ1) is 18.5. The number of aliphatic carboxylic acids is 1. The van der Waals surface area contributed by atoms with Crippen molar-refractivity contribution in [1.82, 2.24) is 4.90 Å². The molecule has 2 atom stereocenters. The molecular weight excluding hydrogens is 330 g/mol. The minimum Gasteiger partial charge on any atom is -0.481 e. The SMILES string of the molecule is C=CCOCCCC(=O)N1C[C@@H](C(=O)O)[C@H](c2ccc(Cl)cc2)C1. The molecule has 2 rings (SSSR count). The summed E-state index contributed by atoms with van der Waals surface area (Å²) in [6.07, 6.45) is 2.64. The molecule has 0 aromatic heterocycles. The summed E-state index contributed by atoms with van der Waals surface area (Å²) < 4.78 is 5.26. The number of carbonyl (C=O) groups is 2. The molecule has 130 valence electrons. The molecule has 1 aliphatic heterocycles. The molecule has 1 saturated heterocycles. The number of likely N-dealkylation sites (tertiary alicyclic amines) is 1. The number of benzene rings is 1. The molecule has 24 heavy (non-hydrogen) atoms. The number of hydrogen-bond donors (Lipinski definition) is 1. The van der Waals surface area contributed by atoms with Crippen molar-refractivity contribution in [3.63, 3.8) is 0 Å². The molecule has 0 radical (unpaired) electrons. The van der Waals surface area contributed by atoms with Gasteiger partial charge in [-0.3, -0.25) is 9.59 Å². The maximum absolute atomic E-state index is 12.3. The van der Waals surface area contributed by atoms with Gasteiger partial charge in [0.05, 0.1) is 12.5 Å².